The molecule has 92 valence electrons. The molecule has 4 nitrogen and oxygen atoms in total. The fourth-order valence-corrected chi connectivity index (χ4v) is 1.80. The van der Waals surface area contributed by atoms with Crippen molar-refractivity contribution in [3.63, 3.8) is 0 Å². The Morgan fingerprint density at radius 3 is 2.61 bits per heavy atom. The van der Waals surface area contributed by atoms with Crippen molar-refractivity contribution in [1.29, 1.82) is 0 Å². The number of aliphatic hydroxyl groups is 1. The first-order chi connectivity index (χ1) is 8.68. The van der Waals surface area contributed by atoms with Crippen molar-refractivity contribution in [3.05, 3.63) is 65.5 Å². The Hall–Kier alpha value is -2.20. The summed E-state index contributed by atoms with van der Waals surface area (Å²) in [6, 6.07) is 10.8. The molecular formula is C14H13NO3. The summed E-state index contributed by atoms with van der Waals surface area (Å²) in [5.41, 5.74) is 1.48. The van der Waals surface area contributed by atoms with E-state index in [1.807, 2.05) is 30.3 Å². The van der Waals surface area contributed by atoms with Gasteiger partial charge in [-0.05, 0) is 17.2 Å². The van der Waals surface area contributed by atoms with Crippen molar-refractivity contribution in [2.45, 2.75) is 12.5 Å². The average molecular weight is 243 g/mol. The van der Waals surface area contributed by atoms with Crippen LogP contribution in [0.1, 0.15) is 27.6 Å². The second kappa shape index (κ2) is 5.42. The number of benzene rings is 1. The van der Waals surface area contributed by atoms with Gasteiger partial charge in [0.25, 0.3) is 0 Å². The molecule has 0 bridgehead atoms. The summed E-state index contributed by atoms with van der Waals surface area (Å²) in [4.78, 5) is 14.8. The molecule has 0 aliphatic rings. The topological polar surface area (TPSA) is 70.4 Å². The van der Waals surface area contributed by atoms with Gasteiger partial charge < -0.3 is 10.2 Å². The molecule has 0 saturated heterocycles. The normalized spacial score (nSPS) is 12.1. The fraction of sp³-hybridized carbons (Fsp3) is 0.143. The van der Waals surface area contributed by atoms with Crippen molar-refractivity contribution in [2.24, 2.45) is 0 Å². The van der Waals surface area contributed by atoms with Gasteiger partial charge in [-0.3, -0.25) is 4.98 Å². The highest BCUT2D eigenvalue weighted by Crippen LogP contribution is 2.19. The van der Waals surface area contributed by atoms with Gasteiger partial charge in [-0.15, -0.1) is 0 Å². The molecule has 1 atom stereocenters. The van der Waals surface area contributed by atoms with E-state index in [0.717, 1.165) is 5.56 Å². The fourth-order valence-electron chi connectivity index (χ4n) is 1.80. The number of pyridine rings is 1. The van der Waals surface area contributed by atoms with Crippen molar-refractivity contribution in [3.8, 4) is 0 Å². The number of aromatic nitrogens is 1. The van der Waals surface area contributed by atoms with Crippen molar-refractivity contribution < 1.29 is 15.0 Å². The van der Waals surface area contributed by atoms with Gasteiger partial charge in [-0.2, -0.15) is 0 Å². The molecule has 18 heavy (non-hydrogen) atoms. The second-order valence-electron chi connectivity index (χ2n) is 3.97. The van der Waals surface area contributed by atoms with E-state index in [1.165, 1.54) is 12.4 Å². The molecule has 0 radical (unpaired) electrons. The van der Waals surface area contributed by atoms with Crippen LogP contribution in [0.25, 0.3) is 0 Å². The van der Waals surface area contributed by atoms with Gasteiger partial charge in [0.05, 0.1) is 11.7 Å². The number of rotatable bonds is 4. The highest BCUT2D eigenvalue weighted by molar-refractivity contribution is 5.88. The molecule has 1 unspecified atom stereocenters. The zero-order valence-electron chi connectivity index (χ0n) is 9.65. The minimum atomic E-state index is -1.03. The summed E-state index contributed by atoms with van der Waals surface area (Å²) in [6.07, 6.45) is 2.37. The quantitative estimate of drug-likeness (QED) is 0.862. The van der Waals surface area contributed by atoms with Gasteiger partial charge >= 0.3 is 5.97 Å². The lowest BCUT2D eigenvalue weighted by atomic mass is 9.99. The van der Waals surface area contributed by atoms with E-state index in [2.05, 4.69) is 4.98 Å². The third-order valence-corrected chi connectivity index (χ3v) is 2.74. The van der Waals surface area contributed by atoms with E-state index in [1.54, 1.807) is 6.07 Å². The monoisotopic (exact) mass is 243 g/mol. The number of hydrogen-bond donors (Lipinski definition) is 2. The SMILES string of the molecule is O=C(O)c1cnccc1CC(O)c1ccccc1. The molecule has 0 saturated carbocycles. The highest BCUT2D eigenvalue weighted by Gasteiger charge is 2.14. The number of hydrogen-bond acceptors (Lipinski definition) is 3. The van der Waals surface area contributed by atoms with Gasteiger partial charge in [0.2, 0.25) is 0 Å². The van der Waals surface area contributed by atoms with E-state index >= 15 is 0 Å². The lowest BCUT2D eigenvalue weighted by Crippen LogP contribution is -2.08. The first-order valence-electron chi connectivity index (χ1n) is 5.57. The van der Waals surface area contributed by atoms with Crippen LogP contribution in [0.2, 0.25) is 0 Å². The minimum absolute atomic E-state index is 0.132. The molecule has 0 fully saturated rings. The third-order valence-electron chi connectivity index (χ3n) is 2.74. The van der Waals surface area contributed by atoms with Gasteiger partial charge in [0.1, 0.15) is 0 Å². The van der Waals surface area contributed by atoms with E-state index < -0.39 is 12.1 Å². The Morgan fingerprint density at radius 2 is 1.94 bits per heavy atom. The van der Waals surface area contributed by atoms with Gasteiger partial charge in [-0.1, -0.05) is 30.3 Å². The van der Waals surface area contributed by atoms with E-state index in [0.29, 0.717) is 5.56 Å². The van der Waals surface area contributed by atoms with Crippen LogP contribution in [0.15, 0.2) is 48.8 Å². The maximum absolute atomic E-state index is 11.0. The van der Waals surface area contributed by atoms with E-state index in [4.69, 9.17) is 5.11 Å². The number of nitrogens with zero attached hydrogens (tertiary/aromatic N) is 1. The highest BCUT2D eigenvalue weighted by atomic mass is 16.4. The predicted octanol–water partition coefficient (Wildman–Crippen LogP) is 2.06. The van der Waals surface area contributed by atoms with Gasteiger partial charge in [0.15, 0.2) is 0 Å². The molecule has 2 aromatic rings. The first kappa shape index (κ1) is 12.3. The Kier molecular flexibility index (Phi) is 3.69. The molecule has 2 rings (SSSR count). The Morgan fingerprint density at radius 1 is 1.22 bits per heavy atom. The summed E-state index contributed by atoms with van der Waals surface area (Å²) in [7, 11) is 0. The van der Waals surface area contributed by atoms with E-state index in [-0.39, 0.29) is 12.0 Å². The van der Waals surface area contributed by atoms with Crippen LogP contribution in [-0.2, 0) is 6.42 Å². The molecule has 0 amide bonds. The average Bonchev–Trinajstić information content (AvgIpc) is 2.40. The molecule has 2 N–H and O–H groups in total. The smallest absolute Gasteiger partial charge is 0.337 e. The molecule has 1 aromatic heterocycles. The predicted molar refractivity (Wildman–Crippen MR) is 66.3 cm³/mol. The van der Waals surface area contributed by atoms with Crippen molar-refractivity contribution in [1.82, 2.24) is 4.98 Å². The van der Waals surface area contributed by atoms with Crippen molar-refractivity contribution in [2.75, 3.05) is 0 Å². The summed E-state index contributed by atoms with van der Waals surface area (Å²) in [5, 5.41) is 19.1. The van der Waals surface area contributed by atoms with Gasteiger partial charge in [-0.25, -0.2) is 4.79 Å². The summed E-state index contributed by atoms with van der Waals surface area (Å²) < 4.78 is 0. The van der Waals surface area contributed by atoms with Crippen LogP contribution in [0, 0.1) is 0 Å². The zero-order chi connectivity index (χ0) is 13.0. The van der Waals surface area contributed by atoms with Crippen LogP contribution in [0.3, 0.4) is 0 Å². The largest absolute Gasteiger partial charge is 0.478 e. The minimum Gasteiger partial charge on any atom is -0.478 e. The summed E-state index contributed by atoms with van der Waals surface area (Å²) in [6.45, 7) is 0. The van der Waals surface area contributed by atoms with Gasteiger partial charge in [0, 0.05) is 18.8 Å². The maximum Gasteiger partial charge on any atom is 0.337 e. The van der Waals surface area contributed by atoms with Crippen molar-refractivity contribution >= 4 is 5.97 Å². The zero-order valence-corrected chi connectivity index (χ0v) is 9.65. The molecule has 4 heteroatoms. The molecule has 1 heterocycles. The number of carboxylic acids is 1. The number of aliphatic hydroxyl groups excluding tert-OH is 1. The first-order valence-corrected chi connectivity index (χ1v) is 5.57. The summed E-state index contributed by atoms with van der Waals surface area (Å²) in [5.74, 6) is -1.03. The number of carboxylic acid groups (broad SMARTS) is 1. The van der Waals surface area contributed by atoms with Crippen LogP contribution >= 0.6 is 0 Å². The summed E-state index contributed by atoms with van der Waals surface area (Å²) >= 11 is 0. The maximum atomic E-state index is 11.0. The van der Waals surface area contributed by atoms with E-state index in [9.17, 15) is 9.90 Å². The Bertz CT molecular complexity index is 540. The van der Waals surface area contributed by atoms with Crippen LogP contribution in [0.5, 0.6) is 0 Å². The standard InChI is InChI=1S/C14H13NO3/c16-13(10-4-2-1-3-5-10)8-11-6-7-15-9-12(11)14(17)18/h1-7,9,13,16H,8H2,(H,17,18). The second-order valence-corrected chi connectivity index (χ2v) is 3.97. The van der Waals surface area contributed by atoms with Crippen LogP contribution in [0.4, 0.5) is 0 Å². The lowest BCUT2D eigenvalue weighted by molar-refractivity contribution is 0.0694. The molecule has 1 aromatic carbocycles. The Labute approximate surface area is 105 Å². The third kappa shape index (κ3) is 2.73. The molecule has 0 aliphatic carbocycles. The number of carbonyl (C=O) groups is 1. The molecule has 0 aliphatic heterocycles. The van der Waals surface area contributed by atoms with Crippen LogP contribution in [-0.4, -0.2) is 21.2 Å². The molecule has 0 spiro atoms. The molecular weight excluding hydrogens is 230 g/mol. The van der Waals surface area contributed by atoms with Crippen LogP contribution < -0.4 is 0 Å². The Balaban J connectivity index is 2.22. The lowest BCUT2D eigenvalue weighted by Gasteiger charge is -2.12. The number of aromatic carboxylic acids is 1.